The number of rotatable bonds is 5. The zero-order valence-corrected chi connectivity index (χ0v) is 9.26. The van der Waals surface area contributed by atoms with E-state index in [0.29, 0.717) is 18.8 Å². The molecular weight excluding hydrogens is 235 g/mol. The summed E-state index contributed by atoms with van der Waals surface area (Å²) < 4.78 is 17.8. The molecular formula is C10H12ClFN2O2. The molecule has 0 radical (unpaired) electrons. The molecule has 0 fully saturated rings. The zero-order valence-electron chi connectivity index (χ0n) is 8.50. The van der Waals surface area contributed by atoms with Gasteiger partial charge in [0, 0.05) is 17.3 Å². The van der Waals surface area contributed by atoms with Crippen LogP contribution < -0.4 is 11.1 Å². The molecule has 0 saturated carbocycles. The fourth-order valence-corrected chi connectivity index (χ4v) is 1.29. The largest absolute Gasteiger partial charge is 0.370 e. The molecule has 0 aliphatic heterocycles. The maximum Gasteiger partial charge on any atom is 0.250 e. The molecule has 6 heteroatoms. The van der Waals surface area contributed by atoms with Crippen molar-refractivity contribution in [1.82, 2.24) is 0 Å². The summed E-state index contributed by atoms with van der Waals surface area (Å²) in [5.74, 6) is -0.888. The molecule has 0 aliphatic carbocycles. The minimum absolute atomic E-state index is 0.120. The van der Waals surface area contributed by atoms with Crippen molar-refractivity contribution in [2.75, 3.05) is 25.1 Å². The Balaban J connectivity index is 2.49. The first kappa shape index (κ1) is 12.9. The van der Waals surface area contributed by atoms with Gasteiger partial charge in [0.05, 0.1) is 6.61 Å². The molecule has 1 amide bonds. The summed E-state index contributed by atoms with van der Waals surface area (Å²) in [5.41, 5.74) is 5.48. The fourth-order valence-electron chi connectivity index (χ4n) is 1.07. The van der Waals surface area contributed by atoms with Gasteiger partial charge >= 0.3 is 0 Å². The molecule has 88 valence electrons. The van der Waals surface area contributed by atoms with E-state index < -0.39 is 5.82 Å². The highest BCUT2D eigenvalue weighted by molar-refractivity contribution is 6.30. The quantitative estimate of drug-likeness (QED) is 0.772. The molecule has 1 rings (SSSR count). The van der Waals surface area contributed by atoms with Gasteiger partial charge in [0.15, 0.2) is 0 Å². The van der Waals surface area contributed by atoms with Crippen LogP contribution >= 0.6 is 11.6 Å². The summed E-state index contributed by atoms with van der Waals surface area (Å²) in [7, 11) is 0. The van der Waals surface area contributed by atoms with E-state index in [1.54, 1.807) is 0 Å². The van der Waals surface area contributed by atoms with Crippen molar-refractivity contribution >= 4 is 23.2 Å². The second-order valence-electron chi connectivity index (χ2n) is 3.05. The van der Waals surface area contributed by atoms with E-state index in [9.17, 15) is 9.18 Å². The van der Waals surface area contributed by atoms with Crippen LogP contribution in [0.1, 0.15) is 0 Å². The molecule has 1 aromatic rings. The van der Waals surface area contributed by atoms with Crippen LogP contribution in [0.5, 0.6) is 0 Å². The van der Waals surface area contributed by atoms with Gasteiger partial charge in [-0.3, -0.25) is 4.79 Å². The van der Waals surface area contributed by atoms with Crippen LogP contribution in [0.3, 0.4) is 0 Å². The number of anilines is 1. The first-order chi connectivity index (χ1) is 7.61. The summed E-state index contributed by atoms with van der Waals surface area (Å²) in [6, 6.07) is 3.78. The SMILES string of the molecule is NCCOCC(=O)Nc1cc(F)cc(Cl)c1. The number of amides is 1. The molecule has 16 heavy (non-hydrogen) atoms. The number of nitrogens with one attached hydrogen (secondary N) is 1. The molecule has 0 aliphatic rings. The van der Waals surface area contributed by atoms with Gasteiger partial charge in [-0.2, -0.15) is 0 Å². The highest BCUT2D eigenvalue weighted by atomic mass is 35.5. The van der Waals surface area contributed by atoms with Gasteiger partial charge in [-0.15, -0.1) is 0 Å². The lowest BCUT2D eigenvalue weighted by Crippen LogP contribution is -2.20. The topological polar surface area (TPSA) is 64.3 Å². The zero-order chi connectivity index (χ0) is 12.0. The van der Waals surface area contributed by atoms with Gasteiger partial charge in [-0.1, -0.05) is 11.6 Å². The molecule has 0 bridgehead atoms. The van der Waals surface area contributed by atoms with E-state index >= 15 is 0 Å². The Hall–Kier alpha value is -1.17. The summed E-state index contributed by atoms with van der Waals surface area (Å²) in [6.45, 7) is 0.529. The Bertz CT molecular complexity index is 354. The molecule has 0 aromatic heterocycles. The third kappa shape index (κ3) is 4.57. The molecule has 0 spiro atoms. The summed E-state index contributed by atoms with van der Waals surface area (Å²) >= 11 is 5.62. The molecule has 0 atom stereocenters. The van der Waals surface area contributed by atoms with Crippen LogP contribution in [-0.2, 0) is 9.53 Å². The van der Waals surface area contributed by atoms with E-state index in [-0.39, 0.29) is 17.5 Å². The first-order valence-corrected chi connectivity index (χ1v) is 5.03. The van der Waals surface area contributed by atoms with Crippen LogP contribution in [-0.4, -0.2) is 25.7 Å². The predicted octanol–water partition coefficient (Wildman–Crippen LogP) is 1.39. The number of hydrogen-bond acceptors (Lipinski definition) is 3. The highest BCUT2D eigenvalue weighted by Gasteiger charge is 2.04. The number of hydrogen-bond donors (Lipinski definition) is 2. The van der Waals surface area contributed by atoms with Gasteiger partial charge in [-0.05, 0) is 18.2 Å². The van der Waals surface area contributed by atoms with Crippen molar-refractivity contribution in [2.24, 2.45) is 5.73 Å². The van der Waals surface area contributed by atoms with Crippen LogP contribution in [0.25, 0.3) is 0 Å². The van der Waals surface area contributed by atoms with Gasteiger partial charge in [-0.25, -0.2) is 4.39 Å². The Morgan fingerprint density at radius 2 is 2.25 bits per heavy atom. The molecule has 0 heterocycles. The van der Waals surface area contributed by atoms with Crippen molar-refractivity contribution in [3.8, 4) is 0 Å². The minimum Gasteiger partial charge on any atom is -0.370 e. The third-order valence-electron chi connectivity index (χ3n) is 1.64. The van der Waals surface area contributed by atoms with E-state index in [1.165, 1.54) is 12.1 Å². The van der Waals surface area contributed by atoms with E-state index in [2.05, 4.69) is 5.32 Å². The first-order valence-electron chi connectivity index (χ1n) is 4.65. The second kappa shape index (κ2) is 6.42. The summed E-state index contributed by atoms with van der Waals surface area (Å²) in [4.78, 5) is 11.3. The Morgan fingerprint density at radius 3 is 2.88 bits per heavy atom. The second-order valence-corrected chi connectivity index (χ2v) is 3.48. The maximum atomic E-state index is 12.9. The summed E-state index contributed by atoms with van der Waals surface area (Å²) in [6.07, 6.45) is 0. The summed E-state index contributed by atoms with van der Waals surface area (Å²) in [5, 5.41) is 2.67. The maximum absolute atomic E-state index is 12.9. The standard InChI is InChI=1S/C10H12ClFN2O2/c11-7-3-8(12)5-9(4-7)14-10(15)6-16-2-1-13/h3-5H,1-2,6,13H2,(H,14,15). The lowest BCUT2D eigenvalue weighted by atomic mass is 10.3. The predicted molar refractivity (Wildman–Crippen MR) is 59.9 cm³/mol. The van der Waals surface area contributed by atoms with Crippen molar-refractivity contribution in [3.05, 3.63) is 29.0 Å². The van der Waals surface area contributed by atoms with Gasteiger partial charge in [0.25, 0.3) is 0 Å². The fraction of sp³-hybridized carbons (Fsp3) is 0.300. The smallest absolute Gasteiger partial charge is 0.250 e. The van der Waals surface area contributed by atoms with E-state index in [4.69, 9.17) is 22.1 Å². The highest BCUT2D eigenvalue weighted by Crippen LogP contribution is 2.17. The lowest BCUT2D eigenvalue weighted by Gasteiger charge is -2.06. The number of nitrogens with two attached hydrogens (primary N) is 1. The van der Waals surface area contributed by atoms with Crippen LogP contribution in [0.15, 0.2) is 18.2 Å². The number of carbonyl (C=O) groups is 1. The number of halogens is 2. The van der Waals surface area contributed by atoms with E-state index in [0.717, 1.165) is 6.07 Å². The van der Waals surface area contributed by atoms with Crippen LogP contribution in [0.4, 0.5) is 10.1 Å². The molecule has 1 aromatic carbocycles. The van der Waals surface area contributed by atoms with Gasteiger partial charge in [0.1, 0.15) is 12.4 Å². The Kier molecular flexibility index (Phi) is 5.18. The Morgan fingerprint density at radius 1 is 1.50 bits per heavy atom. The molecule has 0 unspecified atom stereocenters. The van der Waals surface area contributed by atoms with E-state index in [1.807, 2.05) is 0 Å². The monoisotopic (exact) mass is 246 g/mol. The molecule has 0 saturated heterocycles. The van der Waals surface area contributed by atoms with Crippen molar-refractivity contribution in [2.45, 2.75) is 0 Å². The van der Waals surface area contributed by atoms with Crippen molar-refractivity contribution < 1.29 is 13.9 Å². The van der Waals surface area contributed by atoms with Crippen LogP contribution in [0, 0.1) is 5.82 Å². The van der Waals surface area contributed by atoms with Gasteiger partial charge < -0.3 is 15.8 Å². The van der Waals surface area contributed by atoms with Gasteiger partial charge in [0.2, 0.25) is 5.91 Å². The molecule has 3 N–H and O–H groups in total. The normalized spacial score (nSPS) is 10.2. The number of carbonyl (C=O) groups excluding carboxylic acids is 1. The minimum atomic E-state index is -0.509. The average molecular weight is 247 g/mol. The third-order valence-corrected chi connectivity index (χ3v) is 1.86. The molecule has 4 nitrogen and oxygen atoms in total. The average Bonchev–Trinajstić information content (AvgIpc) is 2.16. The lowest BCUT2D eigenvalue weighted by molar-refractivity contribution is -0.120. The van der Waals surface area contributed by atoms with Crippen molar-refractivity contribution in [1.29, 1.82) is 0 Å². The van der Waals surface area contributed by atoms with Crippen molar-refractivity contribution in [3.63, 3.8) is 0 Å². The number of ether oxygens (including phenoxy) is 1. The van der Waals surface area contributed by atoms with Crippen LogP contribution in [0.2, 0.25) is 5.02 Å². The number of benzene rings is 1. The Labute approximate surface area is 97.5 Å².